The van der Waals surface area contributed by atoms with Crippen molar-refractivity contribution in [3.05, 3.63) is 47.6 Å². The molecule has 296 valence electrons. The minimum Gasteiger partial charge on any atom is -0.440 e. The summed E-state index contributed by atoms with van der Waals surface area (Å²) in [5.41, 5.74) is 3.48. The smallest absolute Gasteiger partial charge is 0.410 e. The second-order valence-corrected chi connectivity index (χ2v) is 29.7. The Morgan fingerprint density at radius 2 is 1.56 bits per heavy atom. The Morgan fingerprint density at radius 1 is 0.962 bits per heavy atom. The number of hydrogen-bond donors (Lipinski definition) is 1. The number of ether oxygens (including phenoxy) is 1. The van der Waals surface area contributed by atoms with Crippen molar-refractivity contribution >= 4 is 22.7 Å². The van der Waals surface area contributed by atoms with Crippen LogP contribution in [0, 0.1) is 23.2 Å². The molecule has 0 aromatic carbocycles. The number of fused-ring (bicyclic) bond motifs is 1. The Hall–Kier alpha value is -1.46. The van der Waals surface area contributed by atoms with Crippen LogP contribution in [0.3, 0.4) is 0 Å². The first-order valence-electron chi connectivity index (χ1n) is 20.7. The molecule has 2 unspecified atom stereocenters. The van der Waals surface area contributed by atoms with Crippen LogP contribution in [-0.2, 0) is 13.6 Å². The van der Waals surface area contributed by atoms with Crippen molar-refractivity contribution in [2.45, 2.75) is 187 Å². The number of aliphatic hydroxyl groups is 1. The van der Waals surface area contributed by atoms with Crippen LogP contribution < -0.4 is 0 Å². The summed E-state index contributed by atoms with van der Waals surface area (Å²) in [4.78, 5) is 14.4. The zero-order valence-electron chi connectivity index (χ0n) is 35.8. The zero-order chi connectivity index (χ0) is 39.1. The first kappa shape index (κ1) is 43.3. The number of allylic oxidation sites excluding steroid dienone is 4. The van der Waals surface area contributed by atoms with Gasteiger partial charge in [-0.3, -0.25) is 0 Å². The molecule has 0 aromatic heterocycles. The molecule has 4 saturated carbocycles. The van der Waals surface area contributed by atoms with Gasteiger partial charge in [0.1, 0.15) is 11.7 Å². The third-order valence-corrected chi connectivity index (χ3v) is 23.6. The largest absolute Gasteiger partial charge is 0.440 e. The van der Waals surface area contributed by atoms with Gasteiger partial charge in [0.25, 0.3) is 0 Å². The fourth-order valence-electron chi connectivity index (χ4n) is 8.80. The van der Waals surface area contributed by atoms with E-state index in [1.165, 1.54) is 31.3 Å². The van der Waals surface area contributed by atoms with Crippen molar-refractivity contribution in [3.63, 3.8) is 0 Å². The first-order valence-corrected chi connectivity index (χ1v) is 26.5. The van der Waals surface area contributed by atoms with E-state index in [1.54, 1.807) is 10.5 Å². The quantitative estimate of drug-likeness (QED) is 0.159. The maximum absolute atomic E-state index is 12.7. The lowest BCUT2D eigenvalue weighted by molar-refractivity contribution is -0.00849. The number of hydrogen-bond acceptors (Lipinski definition) is 5. The summed E-state index contributed by atoms with van der Waals surface area (Å²) in [6.07, 6.45) is 17.2. The Labute approximate surface area is 321 Å². The number of amides is 1. The standard InChI is InChI=1S/C44H77NO5Si2/c1-16-45(17-2)40(47)48-44(27-28-44)39(46)25-20-31(3)36-23-24-37-33(19-18-26-43(36,37)11)21-22-34-29-35(49-51(12,13)41(5,6)7)30-38(32(34)4)50-52(14,15)42(8,9)10/h20-22,25,31,35-39,46H,4,16-19,23-24,26-30H2,1-3,5-15H3/b25-20+,33-21+,34-22-/t31-,35?,36-,37+,38?,39-,43-/m1/s1. The number of nitrogens with zero attached hydrogens (tertiary/aromatic N) is 1. The van der Waals surface area contributed by atoms with Crippen molar-refractivity contribution in [1.29, 1.82) is 0 Å². The Bertz CT molecular complexity index is 1380. The van der Waals surface area contributed by atoms with Gasteiger partial charge in [-0.05, 0) is 136 Å². The maximum Gasteiger partial charge on any atom is 0.410 e. The molecule has 4 fully saturated rings. The fraction of sp³-hybridized carbons (Fsp3) is 0.795. The van der Waals surface area contributed by atoms with Gasteiger partial charge in [0.05, 0.1) is 12.2 Å². The van der Waals surface area contributed by atoms with Crippen molar-refractivity contribution < 1.29 is 23.5 Å². The highest BCUT2D eigenvalue weighted by Gasteiger charge is 2.54. The van der Waals surface area contributed by atoms with Crippen LogP contribution in [0.1, 0.15) is 127 Å². The van der Waals surface area contributed by atoms with Gasteiger partial charge in [0.15, 0.2) is 16.6 Å². The van der Waals surface area contributed by atoms with Gasteiger partial charge in [-0.25, -0.2) is 4.79 Å². The van der Waals surface area contributed by atoms with Crippen LogP contribution in [-0.4, -0.2) is 69.7 Å². The number of carbonyl (C=O) groups is 1. The lowest BCUT2D eigenvalue weighted by Crippen LogP contribution is -2.49. The molecule has 0 aliphatic heterocycles. The van der Waals surface area contributed by atoms with E-state index < -0.39 is 28.3 Å². The van der Waals surface area contributed by atoms with Gasteiger partial charge < -0.3 is 23.6 Å². The number of carbonyl (C=O) groups excluding carboxylic acids is 1. The van der Waals surface area contributed by atoms with Gasteiger partial charge in [-0.1, -0.05) is 91.8 Å². The van der Waals surface area contributed by atoms with Crippen LogP contribution in [0.25, 0.3) is 0 Å². The summed E-state index contributed by atoms with van der Waals surface area (Å²) in [6.45, 7) is 38.0. The Kier molecular flexibility index (Phi) is 13.3. The van der Waals surface area contributed by atoms with E-state index in [0.29, 0.717) is 43.7 Å². The molecule has 0 heterocycles. The highest BCUT2D eigenvalue weighted by Crippen LogP contribution is 2.60. The number of rotatable bonds is 12. The van der Waals surface area contributed by atoms with E-state index >= 15 is 0 Å². The molecule has 0 bridgehead atoms. The lowest BCUT2D eigenvalue weighted by Gasteiger charge is -2.45. The summed E-state index contributed by atoms with van der Waals surface area (Å²) < 4.78 is 20.1. The molecule has 8 heteroatoms. The van der Waals surface area contributed by atoms with E-state index in [0.717, 1.165) is 24.8 Å². The van der Waals surface area contributed by atoms with Gasteiger partial charge in [-0.15, -0.1) is 0 Å². The van der Waals surface area contributed by atoms with Crippen LogP contribution in [0.2, 0.25) is 36.3 Å². The fourth-order valence-corrected chi connectivity index (χ4v) is 11.5. The summed E-state index contributed by atoms with van der Waals surface area (Å²) in [7, 11) is -3.99. The molecule has 4 rings (SSSR count). The average Bonchev–Trinajstić information content (AvgIpc) is 3.72. The minimum absolute atomic E-state index is 0.0138. The van der Waals surface area contributed by atoms with E-state index in [1.807, 2.05) is 19.9 Å². The minimum atomic E-state index is -2.02. The predicted molar refractivity (Wildman–Crippen MR) is 223 cm³/mol. The average molecular weight is 756 g/mol. The van der Waals surface area contributed by atoms with Crippen LogP contribution in [0.5, 0.6) is 0 Å². The molecular formula is C44H77NO5Si2. The summed E-state index contributed by atoms with van der Waals surface area (Å²) >= 11 is 0. The molecule has 4 aliphatic carbocycles. The molecule has 52 heavy (non-hydrogen) atoms. The molecule has 0 radical (unpaired) electrons. The topological polar surface area (TPSA) is 68.2 Å². The van der Waals surface area contributed by atoms with Crippen LogP contribution >= 0.6 is 0 Å². The van der Waals surface area contributed by atoms with E-state index in [-0.39, 0.29) is 33.8 Å². The van der Waals surface area contributed by atoms with Gasteiger partial charge in [0.2, 0.25) is 0 Å². The van der Waals surface area contributed by atoms with Crippen LogP contribution in [0.15, 0.2) is 47.6 Å². The Balaban J connectivity index is 1.52. The summed E-state index contributed by atoms with van der Waals surface area (Å²) in [5, 5.41) is 11.5. The van der Waals surface area contributed by atoms with Gasteiger partial charge in [0, 0.05) is 19.5 Å². The molecule has 1 N–H and O–H groups in total. The highest BCUT2D eigenvalue weighted by atomic mass is 28.4. The molecule has 0 spiro atoms. The van der Waals surface area contributed by atoms with Crippen molar-refractivity contribution in [2.24, 2.45) is 23.2 Å². The Morgan fingerprint density at radius 3 is 2.12 bits per heavy atom. The molecule has 1 amide bonds. The third kappa shape index (κ3) is 9.31. The highest BCUT2D eigenvalue weighted by molar-refractivity contribution is 6.74. The van der Waals surface area contributed by atoms with Crippen molar-refractivity contribution in [2.75, 3.05) is 13.1 Å². The molecule has 0 aromatic rings. The maximum atomic E-state index is 12.7. The van der Waals surface area contributed by atoms with E-state index in [2.05, 4.69) is 106 Å². The van der Waals surface area contributed by atoms with Crippen molar-refractivity contribution in [3.8, 4) is 0 Å². The first-order chi connectivity index (χ1) is 23.9. The normalized spacial score (nSPS) is 31.2. The number of aliphatic hydroxyl groups excluding tert-OH is 1. The third-order valence-electron chi connectivity index (χ3n) is 14.6. The summed E-state index contributed by atoms with van der Waals surface area (Å²) in [6, 6.07) is 0. The molecule has 6 nitrogen and oxygen atoms in total. The second kappa shape index (κ2) is 16.0. The van der Waals surface area contributed by atoms with Crippen LogP contribution in [0.4, 0.5) is 4.79 Å². The van der Waals surface area contributed by atoms with Crippen molar-refractivity contribution in [1.82, 2.24) is 4.90 Å². The molecular weight excluding hydrogens is 679 g/mol. The monoisotopic (exact) mass is 756 g/mol. The van der Waals surface area contributed by atoms with Gasteiger partial charge in [-0.2, -0.15) is 0 Å². The van der Waals surface area contributed by atoms with E-state index in [9.17, 15) is 9.90 Å². The molecule has 0 saturated heterocycles. The SMILES string of the molecule is C=C1/C(=C\C=C2/CCC[C@]3(C)[C@@H]([C@H](C)/C=C/[C@@H](O)C4(OC(=O)N(CC)CC)CC4)CC[C@@H]23)CC(O[Si](C)(C)C(C)(C)C)CC1O[Si](C)(C)C(C)(C)C. The summed E-state index contributed by atoms with van der Waals surface area (Å²) in [5.74, 6) is 1.43. The van der Waals surface area contributed by atoms with Gasteiger partial charge >= 0.3 is 6.09 Å². The van der Waals surface area contributed by atoms with E-state index in [4.69, 9.17) is 13.6 Å². The predicted octanol–water partition coefficient (Wildman–Crippen LogP) is 11.8. The second-order valence-electron chi connectivity index (χ2n) is 20.2. The zero-order valence-corrected chi connectivity index (χ0v) is 37.8. The molecule has 4 aliphatic rings. The lowest BCUT2D eigenvalue weighted by atomic mass is 9.61. The molecule has 7 atom stereocenters.